The molecule has 0 bridgehead atoms. The molecule has 0 saturated carbocycles. The van der Waals surface area contributed by atoms with Crippen LogP contribution in [0, 0.1) is 6.92 Å². The lowest BCUT2D eigenvalue weighted by Crippen LogP contribution is -2.45. The van der Waals surface area contributed by atoms with Gasteiger partial charge in [-0.1, -0.05) is 31.2 Å². The molecule has 1 aliphatic rings. The van der Waals surface area contributed by atoms with Gasteiger partial charge in [-0.15, -0.1) is 0 Å². The first-order valence-electron chi connectivity index (χ1n) is 7.26. The first-order valence-corrected chi connectivity index (χ1v) is 8.31. The molecule has 19 heavy (non-hydrogen) atoms. The van der Waals surface area contributed by atoms with Crippen molar-refractivity contribution in [3.8, 4) is 0 Å². The Labute approximate surface area is 121 Å². The Bertz CT molecular complexity index is 407. The van der Waals surface area contributed by atoms with Crippen LogP contribution in [0.2, 0.25) is 0 Å². The van der Waals surface area contributed by atoms with Gasteiger partial charge in [0.25, 0.3) is 0 Å². The minimum atomic E-state index is 0.165. The summed E-state index contributed by atoms with van der Waals surface area (Å²) in [6.45, 7) is 9.15. The van der Waals surface area contributed by atoms with E-state index in [1.54, 1.807) is 0 Å². The molecule has 3 unspecified atom stereocenters. The van der Waals surface area contributed by atoms with Gasteiger partial charge in [-0.3, -0.25) is 4.90 Å². The molecule has 0 aliphatic carbocycles. The zero-order valence-corrected chi connectivity index (χ0v) is 13.1. The fraction of sp³-hybridized carbons (Fsp3) is 0.625. The minimum absolute atomic E-state index is 0.165. The van der Waals surface area contributed by atoms with E-state index in [4.69, 9.17) is 5.73 Å². The number of benzene rings is 1. The number of hydrogen-bond acceptors (Lipinski definition) is 3. The SMILES string of the molecule is Cc1ccccc1C(N)CCN1CCSC(C)C1C. The maximum atomic E-state index is 6.36. The van der Waals surface area contributed by atoms with E-state index in [1.807, 2.05) is 0 Å². The van der Waals surface area contributed by atoms with Crippen LogP contribution >= 0.6 is 11.8 Å². The minimum Gasteiger partial charge on any atom is -0.324 e. The van der Waals surface area contributed by atoms with Crippen molar-refractivity contribution in [1.82, 2.24) is 4.90 Å². The maximum absolute atomic E-state index is 6.36. The predicted molar refractivity (Wildman–Crippen MR) is 85.7 cm³/mol. The highest BCUT2D eigenvalue weighted by Crippen LogP contribution is 2.25. The van der Waals surface area contributed by atoms with E-state index in [0.29, 0.717) is 6.04 Å². The molecule has 3 atom stereocenters. The van der Waals surface area contributed by atoms with Crippen LogP contribution in [-0.2, 0) is 0 Å². The molecule has 3 heteroatoms. The van der Waals surface area contributed by atoms with Crippen molar-refractivity contribution in [2.24, 2.45) is 5.73 Å². The third-order valence-electron chi connectivity index (χ3n) is 4.33. The average molecular weight is 278 g/mol. The van der Waals surface area contributed by atoms with Crippen molar-refractivity contribution in [1.29, 1.82) is 0 Å². The summed E-state index contributed by atoms with van der Waals surface area (Å²) in [6.07, 6.45) is 1.05. The number of hydrogen-bond donors (Lipinski definition) is 1. The van der Waals surface area contributed by atoms with Crippen LogP contribution in [0.5, 0.6) is 0 Å². The lowest BCUT2D eigenvalue weighted by molar-refractivity contribution is 0.205. The topological polar surface area (TPSA) is 29.3 Å². The van der Waals surface area contributed by atoms with Gasteiger partial charge in [0.05, 0.1) is 0 Å². The van der Waals surface area contributed by atoms with Gasteiger partial charge in [0.15, 0.2) is 0 Å². The summed E-state index contributed by atoms with van der Waals surface area (Å²) >= 11 is 2.09. The Morgan fingerprint density at radius 3 is 2.84 bits per heavy atom. The summed E-state index contributed by atoms with van der Waals surface area (Å²) < 4.78 is 0. The zero-order valence-electron chi connectivity index (χ0n) is 12.3. The summed E-state index contributed by atoms with van der Waals surface area (Å²) in [5.41, 5.74) is 8.97. The predicted octanol–water partition coefficient (Wildman–Crippen LogP) is 3.21. The van der Waals surface area contributed by atoms with Crippen molar-refractivity contribution in [2.45, 2.75) is 44.5 Å². The van der Waals surface area contributed by atoms with Crippen molar-refractivity contribution in [2.75, 3.05) is 18.8 Å². The van der Waals surface area contributed by atoms with Gasteiger partial charge in [0.1, 0.15) is 0 Å². The number of nitrogens with zero attached hydrogens (tertiary/aromatic N) is 1. The van der Waals surface area contributed by atoms with E-state index < -0.39 is 0 Å². The average Bonchev–Trinajstić information content (AvgIpc) is 2.40. The third kappa shape index (κ3) is 3.74. The van der Waals surface area contributed by atoms with Crippen LogP contribution in [-0.4, -0.2) is 35.0 Å². The first kappa shape index (κ1) is 14.9. The number of thioether (sulfide) groups is 1. The van der Waals surface area contributed by atoms with E-state index in [2.05, 4.69) is 61.7 Å². The van der Waals surface area contributed by atoms with Crippen LogP contribution in [0.4, 0.5) is 0 Å². The molecule has 2 N–H and O–H groups in total. The van der Waals surface area contributed by atoms with Crippen LogP contribution in [0.15, 0.2) is 24.3 Å². The molecule has 0 radical (unpaired) electrons. The highest BCUT2D eigenvalue weighted by molar-refractivity contribution is 8.00. The van der Waals surface area contributed by atoms with Crippen molar-refractivity contribution < 1.29 is 0 Å². The molecule has 0 aromatic heterocycles. The summed E-state index contributed by atoms with van der Waals surface area (Å²) in [4.78, 5) is 2.60. The Kier molecular flexibility index (Phi) is 5.31. The van der Waals surface area contributed by atoms with Gasteiger partial charge in [-0.2, -0.15) is 11.8 Å². The molecule has 1 heterocycles. The maximum Gasteiger partial charge on any atom is 0.0309 e. The Balaban J connectivity index is 1.90. The molecule has 1 aromatic rings. The normalized spacial score (nSPS) is 26.3. The van der Waals surface area contributed by atoms with Gasteiger partial charge < -0.3 is 5.73 Å². The van der Waals surface area contributed by atoms with Gasteiger partial charge in [0.2, 0.25) is 0 Å². The van der Waals surface area contributed by atoms with Gasteiger partial charge in [-0.05, 0) is 31.4 Å². The van der Waals surface area contributed by atoms with Crippen LogP contribution in [0.25, 0.3) is 0 Å². The van der Waals surface area contributed by atoms with E-state index in [0.717, 1.165) is 18.2 Å². The van der Waals surface area contributed by atoms with E-state index in [9.17, 15) is 0 Å². The molecule has 1 aliphatic heterocycles. The highest BCUT2D eigenvalue weighted by atomic mass is 32.2. The van der Waals surface area contributed by atoms with Crippen LogP contribution in [0.3, 0.4) is 0 Å². The molecule has 2 rings (SSSR count). The Hall–Kier alpha value is -0.510. The molecule has 2 nitrogen and oxygen atoms in total. The van der Waals surface area contributed by atoms with Crippen molar-refractivity contribution in [3.63, 3.8) is 0 Å². The largest absolute Gasteiger partial charge is 0.324 e. The summed E-state index contributed by atoms with van der Waals surface area (Å²) in [7, 11) is 0. The summed E-state index contributed by atoms with van der Waals surface area (Å²) in [6, 6.07) is 9.32. The van der Waals surface area contributed by atoms with E-state index in [-0.39, 0.29) is 6.04 Å². The van der Waals surface area contributed by atoms with Crippen LogP contribution in [0.1, 0.15) is 37.4 Å². The second-order valence-electron chi connectivity index (χ2n) is 5.60. The summed E-state index contributed by atoms with van der Waals surface area (Å²) in [5, 5.41) is 0.739. The van der Waals surface area contributed by atoms with Gasteiger partial charge in [-0.25, -0.2) is 0 Å². The fourth-order valence-electron chi connectivity index (χ4n) is 2.77. The second-order valence-corrected chi connectivity index (χ2v) is 7.09. The smallest absolute Gasteiger partial charge is 0.0309 e. The standard InChI is InChI=1S/C16H26N2S/c1-12-6-4-5-7-15(12)16(17)8-9-18-10-11-19-14(3)13(18)2/h4-7,13-14,16H,8-11,17H2,1-3H3. The molecule has 1 fully saturated rings. The van der Waals surface area contributed by atoms with Crippen molar-refractivity contribution >= 4 is 11.8 Å². The number of nitrogens with two attached hydrogens (primary N) is 1. The molecule has 106 valence electrons. The molecule has 0 spiro atoms. The molecular formula is C16H26N2S. The molecular weight excluding hydrogens is 252 g/mol. The molecule has 1 aromatic carbocycles. The van der Waals surface area contributed by atoms with E-state index >= 15 is 0 Å². The highest BCUT2D eigenvalue weighted by Gasteiger charge is 2.25. The van der Waals surface area contributed by atoms with Crippen molar-refractivity contribution in [3.05, 3.63) is 35.4 Å². The Morgan fingerprint density at radius 1 is 1.37 bits per heavy atom. The first-order chi connectivity index (χ1) is 9.09. The number of aryl methyl sites for hydroxylation is 1. The quantitative estimate of drug-likeness (QED) is 0.917. The van der Waals surface area contributed by atoms with Gasteiger partial charge >= 0.3 is 0 Å². The molecule has 0 amide bonds. The lowest BCUT2D eigenvalue weighted by Gasteiger charge is -2.38. The van der Waals surface area contributed by atoms with Gasteiger partial charge in [0, 0.05) is 36.2 Å². The number of rotatable bonds is 4. The monoisotopic (exact) mass is 278 g/mol. The second kappa shape index (κ2) is 6.78. The fourth-order valence-corrected chi connectivity index (χ4v) is 3.94. The van der Waals surface area contributed by atoms with Crippen LogP contribution < -0.4 is 5.73 Å². The zero-order chi connectivity index (χ0) is 13.8. The summed E-state index contributed by atoms with van der Waals surface area (Å²) in [5.74, 6) is 1.26. The lowest BCUT2D eigenvalue weighted by atomic mass is 9.99. The van der Waals surface area contributed by atoms with E-state index in [1.165, 1.54) is 23.4 Å². The third-order valence-corrected chi connectivity index (χ3v) is 5.67. The Morgan fingerprint density at radius 2 is 2.11 bits per heavy atom. The molecule has 1 saturated heterocycles.